The normalized spacial score (nSPS) is 26.0. The molecule has 8 rings (SSSR count). The Labute approximate surface area is 293 Å². The third-order valence-corrected chi connectivity index (χ3v) is 13.0. The van der Waals surface area contributed by atoms with Crippen LogP contribution in [0.4, 0.5) is 0 Å². The Kier molecular flexibility index (Phi) is 8.81. The maximum atomic E-state index is 14.5. The minimum absolute atomic E-state index is 0.0387. The summed E-state index contributed by atoms with van der Waals surface area (Å²) in [4.78, 5) is 16.5. The number of halogens is 1. The standard InChI is InChI=1S/C39H42ClN3O5S/c40-37-17-15-33(22-36(37)25-6-2-1-3-7-25)48-34-23-38(39(44)43-29-12-13-30(43)21-28(41)20-29)42(24-34)49(45,46)35-16-11-26-18-32(14-10-27(26)19-35)47-31-8-4-5-9-31/h1-3,6-7,10-11,14-19,22,28-31,34,38H,4-5,8-9,12-13,20-21,23-24,41H2/t28?,29?,30?,34-,38-/m0/s1. The molecule has 10 heteroatoms. The minimum atomic E-state index is -4.07. The zero-order valence-corrected chi connectivity index (χ0v) is 29.0. The molecule has 0 spiro atoms. The zero-order valence-electron chi connectivity index (χ0n) is 27.4. The Morgan fingerprint density at radius 3 is 2.16 bits per heavy atom. The number of nitrogens with two attached hydrogens (primary N) is 1. The highest BCUT2D eigenvalue weighted by atomic mass is 35.5. The summed E-state index contributed by atoms with van der Waals surface area (Å²) in [6.45, 7) is 0.0525. The Balaban J connectivity index is 1.09. The zero-order chi connectivity index (χ0) is 33.7. The fraction of sp³-hybridized carbons (Fsp3) is 0.410. The summed E-state index contributed by atoms with van der Waals surface area (Å²) in [5.74, 6) is 1.22. The number of nitrogens with zero attached hydrogens (tertiary/aromatic N) is 2. The minimum Gasteiger partial charge on any atom is -0.490 e. The number of amides is 1. The van der Waals surface area contributed by atoms with Crippen molar-refractivity contribution < 1.29 is 22.7 Å². The maximum Gasteiger partial charge on any atom is 0.243 e. The van der Waals surface area contributed by atoms with Gasteiger partial charge in [0.1, 0.15) is 23.6 Å². The fourth-order valence-corrected chi connectivity index (χ4v) is 10.4. The largest absolute Gasteiger partial charge is 0.490 e. The lowest BCUT2D eigenvalue weighted by Gasteiger charge is -2.40. The van der Waals surface area contributed by atoms with Gasteiger partial charge in [-0.3, -0.25) is 4.79 Å². The molecule has 1 amide bonds. The van der Waals surface area contributed by atoms with Gasteiger partial charge >= 0.3 is 0 Å². The van der Waals surface area contributed by atoms with Crippen molar-refractivity contribution in [2.24, 2.45) is 5.73 Å². The Morgan fingerprint density at radius 2 is 1.41 bits per heavy atom. The molecule has 4 aromatic rings. The Bertz CT molecular complexity index is 1950. The topological polar surface area (TPSA) is 102 Å². The summed E-state index contributed by atoms with van der Waals surface area (Å²) in [5.41, 5.74) is 8.11. The van der Waals surface area contributed by atoms with Crippen LogP contribution >= 0.6 is 11.6 Å². The Morgan fingerprint density at radius 1 is 0.755 bits per heavy atom. The van der Waals surface area contributed by atoms with Crippen LogP contribution in [0.2, 0.25) is 5.02 Å². The number of hydrogen-bond acceptors (Lipinski definition) is 6. The van der Waals surface area contributed by atoms with Crippen molar-refractivity contribution >= 4 is 38.3 Å². The second-order valence-corrected chi connectivity index (χ2v) is 16.4. The number of carbonyl (C=O) groups is 1. The molecule has 2 bridgehead atoms. The van der Waals surface area contributed by atoms with E-state index in [4.69, 9.17) is 26.8 Å². The van der Waals surface area contributed by atoms with Gasteiger partial charge < -0.3 is 20.1 Å². The second-order valence-electron chi connectivity index (χ2n) is 14.1. The van der Waals surface area contributed by atoms with Crippen LogP contribution in [0.25, 0.3) is 21.9 Å². The molecule has 3 saturated heterocycles. The van der Waals surface area contributed by atoms with Crippen LogP contribution < -0.4 is 15.2 Å². The van der Waals surface area contributed by atoms with Crippen LogP contribution in [0.1, 0.15) is 57.8 Å². The van der Waals surface area contributed by atoms with E-state index in [0.717, 1.165) is 66.2 Å². The van der Waals surface area contributed by atoms with Crippen LogP contribution in [0, 0.1) is 0 Å². The number of piperidine rings is 1. The van der Waals surface area contributed by atoms with E-state index in [9.17, 15) is 13.2 Å². The molecule has 49 heavy (non-hydrogen) atoms. The predicted molar refractivity (Wildman–Crippen MR) is 191 cm³/mol. The molecule has 1 aliphatic carbocycles. The third-order valence-electron chi connectivity index (χ3n) is 10.8. The molecule has 1 saturated carbocycles. The number of fused-ring (bicyclic) bond motifs is 3. The van der Waals surface area contributed by atoms with E-state index in [-0.39, 0.29) is 48.0 Å². The summed E-state index contributed by atoms with van der Waals surface area (Å²) in [6.07, 6.45) is 7.73. The van der Waals surface area contributed by atoms with E-state index in [0.29, 0.717) is 10.8 Å². The summed E-state index contributed by atoms with van der Waals surface area (Å²) in [6, 6.07) is 25.5. The lowest BCUT2D eigenvalue weighted by molar-refractivity contribution is -0.139. The molecular formula is C39H42ClN3O5S. The lowest BCUT2D eigenvalue weighted by atomic mass is 9.97. The van der Waals surface area contributed by atoms with E-state index < -0.39 is 22.2 Å². The first-order valence-corrected chi connectivity index (χ1v) is 19.4. The van der Waals surface area contributed by atoms with Crippen LogP contribution in [-0.4, -0.2) is 66.5 Å². The molecule has 3 aliphatic heterocycles. The van der Waals surface area contributed by atoms with Gasteiger partial charge in [0.2, 0.25) is 15.9 Å². The van der Waals surface area contributed by atoms with Gasteiger partial charge in [-0.05, 0) is 110 Å². The van der Waals surface area contributed by atoms with Crippen molar-refractivity contribution in [2.45, 2.75) is 99.1 Å². The van der Waals surface area contributed by atoms with Crippen molar-refractivity contribution in [1.29, 1.82) is 0 Å². The van der Waals surface area contributed by atoms with Gasteiger partial charge in [-0.2, -0.15) is 4.31 Å². The van der Waals surface area contributed by atoms with Crippen LogP contribution in [0.3, 0.4) is 0 Å². The molecule has 256 valence electrons. The number of ether oxygens (including phenoxy) is 2. The van der Waals surface area contributed by atoms with Gasteiger partial charge in [-0.15, -0.1) is 0 Å². The first-order chi connectivity index (χ1) is 23.7. The smallest absolute Gasteiger partial charge is 0.243 e. The highest BCUT2D eigenvalue weighted by molar-refractivity contribution is 7.89. The van der Waals surface area contributed by atoms with Crippen LogP contribution in [-0.2, 0) is 14.8 Å². The van der Waals surface area contributed by atoms with Gasteiger partial charge in [-0.1, -0.05) is 54.1 Å². The molecule has 2 unspecified atom stereocenters. The van der Waals surface area contributed by atoms with Crippen molar-refractivity contribution in [2.75, 3.05) is 6.54 Å². The molecule has 4 fully saturated rings. The summed E-state index contributed by atoms with van der Waals surface area (Å²) >= 11 is 6.57. The van der Waals surface area contributed by atoms with E-state index in [1.807, 2.05) is 65.6 Å². The average molecular weight is 700 g/mol. The SMILES string of the molecule is NC1CC2CCC(C1)N2C(=O)[C@@H]1C[C@H](Oc2ccc(Cl)c(-c3ccccc3)c2)CN1S(=O)(=O)c1ccc2cc(OC3CCCC3)ccc2c1. The van der Waals surface area contributed by atoms with Gasteiger partial charge in [0.25, 0.3) is 0 Å². The predicted octanol–water partition coefficient (Wildman–Crippen LogP) is 7.17. The van der Waals surface area contributed by atoms with Crippen molar-refractivity contribution in [3.05, 3.63) is 90.0 Å². The molecule has 0 aromatic heterocycles. The molecule has 4 aliphatic rings. The summed E-state index contributed by atoms with van der Waals surface area (Å²) < 4.78 is 43.1. The quantitative estimate of drug-likeness (QED) is 0.209. The van der Waals surface area contributed by atoms with Gasteiger partial charge in [0.05, 0.1) is 17.5 Å². The van der Waals surface area contributed by atoms with E-state index in [2.05, 4.69) is 0 Å². The maximum absolute atomic E-state index is 14.5. The molecule has 2 N–H and O–H groups in total. The number of carbonyl (C=O) groups excluding carboxylic acids is 1. The molecule has 8 nitrogen and oxygen atoms in total. The van der Waals surface area contributed by atoms with Crippen LogP contribution in [0.5, 0.6) is 11.5 Å². The molecule has 4 atom stereocenters. The molecule has 3 heterocycles. The van der Waals surface area contributed by atoms with E-state index >= 15 is 0 Å². The van der Waals surface area contributed by atoms with E-state index in [1.165, 1.54) is 17.1 Å². The van der Waals surface area contributed by atoms with Crippen molar-refractivity contribution in [1.82, 2.24) is 9.21 Å². The lowest BCUT2D eigenvalue weighted by Crippen LogP contribution is -2.55. The van der Waals surface area contributed by atoms with Gasteiger partial charge in [0, 0.05) is 35.1 Å². The van der Waals surface area contributed by atoms with E-state index in [1.54, 1.807) is 24.3 Å². The highest BCUT2D eigenvalue weighted by Crippen LogP contribution is 2.40. The number of sulfonamides is 1. The Hall–Kier alpha value is -3.63. The second kappa shape index (κ2) is 13.2. The first kappa shape index (κ1) is 32.6. The van der Waals surface area contributed by atoms with Gasteiger partial charge in [-0.25, -0.2) is 8.42 Å². The molecular weight excluding hydrogens is 658 g/mol. The molecule has 4 aromatic carbocycles. The number of benzene rings is 4. The average Bonchev–Trinajstić information content (AvgIpc) is 3.84. The highest BCUT2D eigenvalue weighted by Gasteiger charge is 2.51. The van der Waals surface area contributed by atoms with Crippen molar-refractivity contribution in [3.63, 3.8) is 0 Å². The monoisotopic (exact) mass is 699 g/mol. The molecule has 0 radical (unpaired) electrons. The first-order valence-electron chi connectivity index (χ1n) is 17.5. The third kappa shape index (κ3) is 6.42. The van der Waals surface area contributed by atoms with Crippen molar-refractivity contribution in [3.8, 4) is 22.6 Å². The number of hydrogen-bond donors (Lipinski definition) is 1. The van der Waals surface area contributed by atoms with Gasteiger partial charge in [0.15, 0.2) is 0 Å². The van der Waals surface area contributed by atoms with Crippen LogP contribution in [0.15, 0.2) is 89.8 Å². The fourth-order valence-electron chi connectivity index (χ4n) is 8.47. The summed E-state index contributed by atoms with van der Waals surface area (Å²) in [5, 5.41) is 2.30. The summed E-state index contributed by atoms with van der Waals surface area (Å²) in [7, 11) is -4.07. The number of rotatable bonds is 8.